The number of methoxy groups -OCH3 is 1. The monoisotopic (exact) mass is 250 g/mol. The molecule has 16 heavy (non-hydrogen) atoms. The van der Waals surface area contributed by atoms with Crippen LogP contribution in [0.2, 0.25) is 0 Å². The van der Waals surface area contributed by atoms with E-state index in [1.165, 1.54) is 0 Å². The second kappa shape index (κ2) is 10.5. The Morgan fingerprint density at radius 1 is 1.00 bits per heavy atom. The Morgan fingerprint density at radius 2 is 1.62 bits per heavy atom. The molecule has 0 radical (unpaired) electrons. The van der Waals surface area contributed by atoms with Gasteiger partial charge in [-0.3, -0.25) is 0 Å². The van der Waals surface area contributed by atoms with Gasteiger partial charge in [-0.05, 0) is 24.3 Å². The summed E-state index contributed by atoms with van der Waals surface area (Å²) >= 11 is 0. The fourth-order valence-electron chi connectivity index (χ4n) is 1.05. The quantitative estimate of drug-likeness (QED) is 0.395. The van der Waals surface area contributed by atoms with Crippen molar-refractivity contribution in [3.63, 3.8) is 0 Å². The Kier molecular flexibility index (Phi) is 10.8. The molecule has 0 N–H and O–H groups in total. The van der Waals surface area contributed by atoms with Crippen LogP contribution >= 0.6 is 0 Å². The standard InChI is InChI=1S/C11H15O4.K/c1-13-10-2-4-11(5-3-10)15-9-8-14-7-6-12;/h2-5H,6-9H2,1H3;/q-1;+1. The predicted octanol–water partition coefficient (Wildman–Crippen LogP) is -2.55. The summed E-state index contributed by atoms with van der Waals surface area (Å²) in [6.07, 6.45) is 0. The molecule has 0 saturated carbocycles. The molecule has 0 spiro atoms. The molecule has 5 heteroatoms. The van der Waals surface area contributed by atoms with E-state index in [0.29, 0.717) is 13.2 Å². The van der Waals surface area contributed by atoms with Gasteiger partial charge in [0.25, 0.3) is 0 Å². The van der Waals surface area contributed by atoms with E-state index >= 15 is 0 Å². The molecule has 0 bridgehead atoms. The molecule has 1 rings (SSSR count). The van der Waals surface area contributed by atoms with Crippen LogP contribution in [0.15, 0.2) is 24.3 Å². The van der Waals surface area contributed by atoms with Crippen LogP contribution in [0.5, 0.6) is 11.5 Å². The van der Waals surface area contributed by atoms with Gasteiger partial charge in [-0.2, -0.15) is 0 Å². The van der Waals surface area contributed by atoms with Gasteiger partial charge in [0, 0.05) is 6.61 Å². The zero-order valence-electron chi connectivity index (χ0n) is 9.77. The Hall–Kier alpha value is 0.376. The van der Waals surface area contributed by atoms with Gasteiger partial charge < -0.3 is 19.3 Å². The number of ether oxygens (including phenoxy) is 3. The van der Waals surface area contributed by atoms with Crippen LogP contribution in [0.25, 0.3) is 0 Å². The van der Waals surface area contributed by atoms with Crippen molar-refractivity contribution in [2.45, 2.75) is 0 Å². The molecule has 84 valence electrons. The Morgan fingerprint density at radius 3 is 2.19 bits per heavy atom. The van der Waals surface area contributed by atoms with Crippen LogP contribution in [0.4, 0.5) is 0 Å². The fourth-order valence-corrected chi connectivity index (χ4v) is 1.05. The summed E-state index contributed by atoms with van der Waals surface area (Å²) in [6, 6.07) is 7.31. The second-order valence-corrected chi connectivity index (χ2v) is 2.84. The van der Waals surface area contributed by atoms with Crippen LogP contribution in [0.1, 0.15) is 0 Å². The van der Waals surface area contributed by atoms with E-state index in [0.717, 1.165) is 11.5 Å². The summed E-state index contributed by atoms with van der Waals surface area (Å²) in [4.78, 5) is 0. The third-order valence-electron chi connectivity index (χ3n) is 1.78. The Labute approximate surface area is 138 Å². The van der Waals surface area contributed by atoms with Crippen LogP contribution in [-0.2, 0) is 4.74 Å². The van der Waals surface area contributed by atoms with Crippen molar-refractivity contribution in [2.24, 2.45) is 0 Å². The molecule has 0 aromatic heterocycles. The number of hydrogen-bond acceptors (Lipinski definition) is 4. The van der Waals surface area contributed by atoms with Crippen LogP contribution in [0, 0.1) is 0 Å². The molecule has 1 aromatic carbocycles. The van der Waals surface area contributed by atoms with Crippen LogP contribution in [0.3, 0.4) is 0 Å². The van der Waals surface area contributed by atoms with E-state index in [9.17, 15) is 5.11 Å². The third-order valence-corrected chi connectivity index (χ3v) is 1.78. The minimum absolute atomic E-state index is 0. The SMILES string of the molecule is COc1ccc(OCCOCC[O-])cc1.[K+]. The van der Waals surface area contributed by atoms with Crippen molar-refractivity contribution in [1.29, 1.82) is 0 Å². The van der Waals surface area contributed by atoms with Gasteiger partial charge in [-0.1, -0.05) is 0 Å². The average Bonchev–Trinajstić information content (AvgIpc) is 2.30. The zero-order valence-corrected chi connectivity index (χ0v) is 12.9. The molecular weight excluding hydrogens is 235 g/mol. The maximum atomic E-state index is 10.1. The normalized spacial score (nSPS) is 9.38. The summed E-state index contributed by atoms with van der Waals surface area (Å²) < 4.78 is 15.4. The molecule has 0 amide bonds. The summed E-state index contributed by atoms with van der Waals surface area (Å²) in [5, 5.41) is 10.1. The topological polar surface area (TPSA) is 50.8 Å². The summed E-state index contributed by atoms with van der Waals surface area (Å²) in [7, 11) is 1.62. The molecule has 0 aliphatic heterocycles. The second-order valence-electron chi connectivity index (χ2n) is 2.84. The maximum absolute atomic E-state index is 10.1. The van der Waals surface area contributed by atoms with Gasteiger partial charge in [0.05, 0.1) is 13.7 Å². The average molecular weight is 250 g/mol. The van der Waals surface area contributed by atoms with Gasteiger partial charge in [0.2, 0.25) is 0 Å². The first kappa shape index (κ1) is 16.4. The summed E-state index contributed by atoms with van der Waals surface area (Å²) in [5.41, 5.74) is 0. The van der Waals surface area contributed by atoms with E-state index < -0.39 is 0 Å². The Bertz CT molecular complexity index is 263. The number of benzene rings is 1. The predicted molar refractivity (Wildman–Crippen MR) is 54.2 cm³/mol. The minimum atomic E-state index is -0.206. The van der Waals surface area contributed by atoms with Crippen molar-refractivity contribution in [1.82, 2.24) is 0 Å². The molecule has 0 unspecified atom stereocenters. The van der Waals surface area contributed by atoms with Crippen molar-refractivity contribution in [2.75, 3.05) is 33.5 Å². The minimum Gasteiger partial charge on any atom is -0.853 e. The third kappa shape index (κ3) is 6.85. The Balaban J connectivity index is 0.00000225. The van der Waals surface area contributed by atoms with E-state index in [-0.39, 0.29) is 64.6 Å². The van der Waals surface area contributed by atoms with E-state index in [2.05, 4.69) is 0 Å². The number of hydrogen-bond donors (Lipinski definition) is 0. The molecule has 0 aliphatic carbocycles. The molecule has 4 nitrogen and oxygen atoms in total. The first-order valence-electron chi connectivity index (χ1n) is 4.79. The van der Waals surface area contributed by atoms with Crippen LogP contribution in [-0.4, -0.2) is 33.5 Å². The van der Waals surface area contributed by atoms with Gasteiger partial charge >= 0.3 is 51.4 Å². The van der Waals surface area contributed by atoms with Gasteiger partial charge in [-0.15, -0.1) is 6.61 Å². The van der Waals surface area contributed by atoms with E-state index in [1.807, 2.05) is 24.3 Å². The van der Waals surface area contributed by atoms with Gasteiger partial charge in [-0.25, -0.2) is 0 Å². The molecule has 0 fully saturated rings. The first-order valence-corrected chi connectivity index (χ1v) is 4.79. The fraction of sp³-hybridized carbons (Fsp3) is 0.455. The van der Waals surface area contributed by atoms with Crippen molar-refractivity contribution in [3.05, 3.63) is 24.3 Å². The van der Waals surface area contributed by atoms with Gasteiger partial charge in [0.1, 0.15) is 18.1 Å². The molecule has 0 aliphatic rings. The van der Waals surface area contributed by atoms with E-state index in [1.54, 1.807) is 7.11 Å². The molecule has 0 heterocycles. The smallest absolute Gasteiger partial charge is 0.853 e. The van der Waals surface area contributed by atoms with Crippen LogP contribution < -0.4 is 66.0 Å². The van der Waals surface area contributed by atoms with Crippen molar-refractivity contribution < 1.29 is 70.7 Å². The number of rotatable bonds is 7. The largest absolute Gasteiger partial charge is 1.00 e. The molecule has 0 atom stereocenters. The van der Waals surface area contributed by atoms with Crippen molar-refractivity contribution in [3.8, 4) is 11.5 Å². The molecule has 0 saturated heterocycles. The van der Waals surface area contributed by atoms with Crippen molar-refractivity contribution >= 4 is 0 Å². The summed E-state index contributed by atoms with van der Waals surface area (Å²) in [6.45, 7) is 0.926. The molecule has 1 aromatic rings. The van der Waals surface area contributed by atoms with Gasteiger partial charge in [0.15, 0.2) is 0 Å². The zero-order chi connectivity index (χ0) is 10.9. The maximum Gasteiger partial charge on any atom is 1.00 e. The molecular formula is C11H15KO4. The first-order chi connectivity index (χ1) is 7.36. The van der Waals surface area contributed by atoms with E-state index in [4.69, 9.17) is 14.2 Å². The summed E-state index contributed by atoms with van der Waals surface area (Å²) in [5.74, 6) is 1.56.